The summed E-state index contributed by atoms with van der Waals surface area (Å²) in [6.45, 7) is 6.94. The molecule has 0 radical (unpaired) electrons. The second kappa shape index (κ2) is 7.17. The molecule has 0 fully saturated rings. The number of rotatable bonds is 6. The van der Waals surface area contributed by atoms with Crippen LogP contribution in [-0.4, -0.2) is 7.05 Å². The second-order valence-corrected chi connectivity index (χ2v) is 6.28. The molecule has 1 rings (SSSR count). The third-order valence-corrected chi connectivity index (χ3v) is 3.66. The van der Waals surface area contributed by atoms with Gasteiger partial charge in [0.1, 0.15) is 0 Å². The van der Waals surface area contributed by atoms with Gasteiger partial charge in [0.2, 0.25) is 0 Å². The first-order valence-electron chi connectivity index (χ1n) is 6.45. The minimum atomic E-state index is 0.469. The lowest BCUT2D eigenvalue weighted by molar-refractivity contribution is 0.366. The standard InChI is InChI=1S/C15H24BrN/c1-11(2)9-12(3)10-15(17-4)13-5-7-14(16)8-6-13/h5-8,11-12,15,17H,9-10H2,1-4H3. The van der Waals surface area contributed by atoms with E-state index >= 15 is 0 Å². The first kappa shape index (κ1) is 14.7. The van der Waals surface area contributed by atoms with E-state index in [1.807, 2.05) is 0 Å². The van der Waals surface area contributed by atoms with Crippen molar-refractivity contribution in [3.05, 3.63) is 34.3 Å². The van der Waals surface area contributed by atoms with Gasteiger partial charge in [-0.1, -0.05) is 48.8 Å². The molecule has 96 valence electrons. The van der Waals surface area contributed by atoms with Gasteiger partial charge < -0.3 is 5.32 Å². The Hall–Kier alpha value is -0.340. The van der Waals surface area contributed by atoms with Crippen LogP contribution in [0.15, 0.2) is 28.7 Å². The van der Waals surface area contributed by atoms with E-state index in [1.54, 1.807) is 0 Å². The number of hydrogen-bond acceptors (Lipinski definition) is 1. The van der Waals surface area contributed by atoms with Crippen molar-refractivity contribution in [3.8, 4) is 0 Å². The van der Waals surface area contributed by atoms with Crippen LogP contribution in [0.1, 0.15) is 45.2 Å². The summed E-state index contributed by atoms with van der Waals surface area (Å²) >= 11 is 3.48. The molecule has 1 nitrogen and oxygen atoms in total. The topological polar surface area (TPSA) is 12.0 Å². The summed E-state index contributed by atoms with van der Waals surface area (Å²) in [6, 6.07) is 9.11. The van der Waals surface area contributed by atoms with Crippen LogP contribution >= 0.6 is 15.9 Å². The predicted octanol–water partition coefficient (Wildman–Crippen LogP) is 4.78. The van der Waals surface area contributed by atoms with Crippen molar-refractivity contribution in [1.29, 1.82) is 0 Å². The highest BCUT2D eigenvalue weighted by molar-refractivity contribution is 9.10. The van der Waals surface area contributed by atoms with Gasteiger partial charge in [0.15, 0.2) is 0 Å². The molecular formula is C15H24BrN. The van der Waals surface area contributed by atoms with E-state index in [0.29, 0.717) is 6.04 Å². The van der Waals surface area contributed by atoms with Gasteiger partial charge in [-0.25, -0.2) is 0 Å². The van der Waals surface area contributed by atoms with Gasteiger partial charge >= 0.3 is 0 Å². The molecule has 0 amide bonds. The Bertz CT molecular complexity index is 318. The largest absolute Gasteiger partial charge is 0.313 e. The van der Waals surface area contributed by atoms with Crippen LogP contribution in [-0.2, 0) is 0 Å². The van der Waals surface area contributed by atoms with Crippen molar-refractivity contribution in [2.24, 2.45) is 11.8 Å². The van der Waals surface area contributed by atoms with Crippen molar-refractivity contribution >= 4 is 15.9 Å². The summed E-state index contributed by atoms with van der Waals surface area (Å²) in [5.41, 5.74) is 1.38. The van der Waals surface area contributed by atoms with Gasteiger partial charge in [-0.05, 0) is 49.4 Å². The van der Waals surface area contributed by atoms with Crippen LogP contribution in [0.25, 0.3) is 0 Å². The van der Waals surface area contributed by atoms with Gasteiger partial charge in [0.05, 0.1) is 0 Å². The van der Waals surface area contributed by atoms with E-state index in [2.05, 4.69) is 73.3 Å². The Kier molecular flexibility index (Phi) is 6.21. The van der Waals surface area contributed by atoms with Gasteiger partial charge in [0.25, 0.3) is 0 Å². The molecule has 0 spiro atoms. The Labute approximate surface area is 114 Å². The second-order valence-electron chi connectivity index (χ2n) is 5.36. The lowest BCUT2D eigenvalue weighted by Gasteiger charge is -2.22. The highest BCUT2D eigenvalue weighted by atomic mass is 79.9. The average molecular weight is 298 g/mol. The summed E-state index contributed by atoms with van der Waals surface area (Å²) in [4.78, 5) is 0. The molecule has 0 aromatic heterocycles. The smallest absolute Gasteiger partial charge is 0.0320 e. The average Bonchev–Trinajstić information content (AvgIpc) is 2.26. The van der Waals surface area contributed by atoms with Crippen molar-refractivity contribution in [1.82, 2.24) is 5.32 Å². The van der Waals surface area contributed by atoms with Crippen LogP contribution in [0.3, 0.4) is 0 Å². The Morgan fingerprint density at radius 1 is 1.06 bits per heavy atom. The van der Waals surface area contributed by atoms with Crippen molar-refractivity contribution in [3.63, 3.8) is 0 Å². The molecule has 0 heterocycles. The Morgan fingerprint density at radius 3 is 2.12 bits per heavy atom. The summed E-state index contributed by atoms with van der Waals surface area (Å²) < 4.78 is 1.14. The molecule has 2 atom stereocenters. The van der Waals surface area contributed by atoms with Gasteiger partial charge in [-0.3, -0.25) is 0 Å². The maximum Gasteiger partial charge on any atom is 0.0320 e. The van der Waals surface area contributed by atoms with Crippen LogP contribution in [0.4, 0.5) is 0 Å². The zero-order valence-electron chi connectivity index (χ0n) is 11.3. The van der Waals surface area contributed by atoms with Crippen LogP contribution in [0.5, 0.6) is 0 Å². The van der Waals surface area contributed by atoms with Crippen LogP contribution in [0.2, 0.25) is 0 Å². The first-order chi connectivity index (χ1) is 8.02. The summed E-state index contributed by atoms with van der Waals surface area (Å²) in [6.07, 6.45) is 2.50. The number of benzene rings is 1. The van der Waals surface area contributed by atoms with E-state index in [9.17, 15) is 0 Å². The molecule has 0 bridgehead atoms. The predicted molar refractivity (Wildman–Crippen MR) is 79.2 cm³/mol. The van der Waals surface area contributed by atoms with Gasteiger partial charge in [-0.15, -0.1) is 0 Å². The van der Waals surface area contributed by atoms with Crippen molar-refractivity contribution in [2.45, 2.75) is 39.7 Å². The summed E-state index contributed by atoms with van der Waals surface area (Å²) in [5, 5.41) is 3.43. The molecule has 2 unspecified atom stereocenters. The van der Waals surface area contributed by atoms with Gasteiger partial charge in [-0.2, -0.15) is 0 Å². The molecule has 0 aliphatic heterocycles. The molecular weight excluding hydrogens is 274 g/mol. The Balaban J connectivity index is 2.62. The maximum absolute atomic E-state index is 3.48. The lowest BCUT2D eigenvalue weighted by Crippen LogP contribution is -2.19. The Morgan fingerprint density at radius 2 is 1.65 bits per heavy atom. The molecule has 0 saturated heterocycles. The molecule has 0 aliphatic carbocycles. The zero-order chi connectivity index (χ0) is 12.8. The van der Waals surface area contributed by atoms with E-state index < -0.39 is 0 Å². The van der Waals surface area contributed by atoms with Crippen molar-refractivity contribution in [2.75, 3.05) is 7.05 Å². The van der Waals surface area contributed by atoms with E-state index in [-0.39, 0.29) is 0 Å². The maximum atomic E-state index is 3.48. The number of nitrogens with one attached hydrogen (secondary N) is 1. The van der Waals surface area contributed by atoms with E-state index in [1.165, 1.54) is 18.4 Å². The molecule has 2 heteroatoms. The normalized spacial score (nSPS) is 14.9. The molecule has 1 aromatic rings. The lowest BCUT2D eigenvalue weighted by atomic mass is 9.90. The highest BCUT2D eigenvalue weighted by Crippen LogP contribution is 2.25. The highest BCUT2D eigenvalue weighted by Gasteiger charge is 2.14. The number of hydrogen-bond donors (Lipinski definition) is 1. The van der Waals surface area contributed by atoms with E-state index in [0.717, 1.165) is 16.3 Å². The first-order valence-corrected chi connectivity index (χ1v) is 7.25. The molecule has 1 N–H and O–H groups in total. The SMILES string of the molecule is CNC(CC(C)CC(C)C)c1ccc(Br)cc1. The summed E-state index contributed by atoms with van der Waals surface area (Å²) in [7, 11) is 2.05. The van der Waals surface area contributed by atoms with Gasteiger partial charge in [0, 0.05) is 10.5 Å². The van der Waals surface area contributed by atoms with Crippen molar-refractivity contribution < 1.29 is 0 Å². The fraction of sp³-hybridized carbons (Fsp3) is 0.600. The fourth-order valence-corrected chi connectivity index (χ4v) is 2.68. The quantitative estimate of drug-likeness (QED) is 0.797. The molecule has 17 heavy (non-hydrogen) atoms. The van der Waals surface area contributed by atoms with E-state index in [4.69, 9.17) is 0 Å². The fourth-order valence-electron chi connectivity index (χ4n) is 2.42. The molecule has 1 aromatic carbocycles. The third kappa shape index (κ3) is 5.22. The zero-order valence-corrected chi connectivity index (χ0v) is 12.9. The summed E-state index contributed by atoms with van der Waals surface area (Å²) in [5.74, 6) is 1.54. The van der Waals surface area contributed by atoms with Crippen LogP contribution in [0, 0.1) is 11.8 Å². The third-order valence-electron chi connectivity index (χ3n) is 3.13. The molecule has 0 saturated carbocycles. The monoisotopic (exact) mass is 297 g/mol. The number of halogens is 1. The molecule has 0 aliphatic rings. The van der Waals surface area contributed by atoms with Crippen LogP contribution < -0.4 is 5.32 Å². The minimum Gasteiger partial charge on any atom is -0.313 e. The minimum absolute atomic E-state index is 0.469.